The van der Waals surface area contributed by atoms with Gasteiger partial charge in [-0.3, -0.25) is 20.2 Å². The van der Waals surface area contributed by atoms with Gasteiger partial charge in [0.15, 0.2) is 0 Å². The summed E-state index contributed by atoms with van der Waals surface area (Å²) in [6.07, 6.45) is 4.92. The molecule has 0 bridgehead atoms. The number of aliphatic hydroxyl groups is 1. The normalized spacial score (nSPS) is 35.6. The van der Waals surface area contributed by atoms with Crippen molar-refractivity contribution < 1.29 is 24.2 Å². The second-order valence-corrected chi connectivity index (χ2v) is 13.6. The lowest BCUT2D eigenvalue weighted by Crippen LogP contribution is -2.65. The van der Waals surface area contributed by atoms with E-state index in [0.717, 1.165) is 65.0 Å². The Morgan fingerprint density at radius 1 is 1.15 bits per heavy atom. The smallest absolute Gasteiger partial charge is 0.225 e. The lowest BCUT2D eigenvalue weighted by atomic mass is 9.68. The number of nitrogens with one attached hydrogen (secondary N) is 4. The van der Waals surface area contributed by atoms with E-state index in [9.17, 15) is 14.7 Å². The lowest BCUT2D eigenvalue weighted by molar-refractivity contribution is -0.139. The van der Waals surface area contributed by atoms with Crippen molar-refractivity contribution in [1.82, 2.24) is 31.1 Å². The van der Waals surface area contributed by atoms with Gasteiger partial charge < -0.3 is 35.0 Å². The Balaban J connectivity index is 0.970. The molecule has 0 radical (unpaired) electrons. The molecule has 5 fully saturated rings. The van der Waals surface area contributed by atoms with Crippen LogP contribution in [0, 0.1) is 29.6 Å². The number of fused-ring (bicyclic) bond motifs is 1. The predicted octanol–water partition coefficient (Wildman–Crippen LogP) is -0.0553. The van der Waals surface area contributed by atoms with Crippen LogP contribution >= 0.6 is 0 Å². The van der Waals surface area contributed by atoms with Crippen molar-refractivity contribution in [3.8, 4) is 0 Å². The fourth-order valence-electron chi connectivity index (χ4n) is 7.66. The summed E-state index contributed by atoms with van der Waals surface area (Å²) in [7, 11) is 0. The SMILES string of the molecule is CC(C)C(=O)N1CC(NC2CC(C(=O)NC[C@H](O)CN3CCC4C(CCC(OCC5CNCO5)C4C)C3)CCN2)C1. The van der Waals surface area contributed by atoms with Crippen LogP contribution in [0.15, 0.2) is 0 Å². The van der Waals surface area contributed by atoms with Crippen LogP contribution in [0.4, 0.5) is 0 Å². The maximum absolute atomic E-state index is 13.0. The molecular weight excluding hydrogens is 524 g/mol. The molecule has 11 heteroatoms. The minimum absolute atomic E-state index is 0.0306. The molecule has 0 aromatic rings. The number of amides is 2. The predicted molar refractivity (Wildman–Crippen MR) is 156 cm³/mol. The molecule has 234 valence electrons. The van der Waals surface area contributed by atoms with E-state index in [4.69, 9.17) is 9.47 Å². The van der Waals surface area contributed by atoms with Crippen molar-refractivity contribution in [1.29, 1.82) is 0 Å². The number of hydrogen-bond acceptors (Lipinski definition) is 9. The average molecular weight is 579 g/mol. The van der Waals surface area contributed by atoms with Gasteiger partial charge >= 0.3 is 0 Å². The Kier molecular flexibility index (Phi) is 10.9. The zero-order chi connectivity index (χ0) is 28.9. The fraction of sp³-hybridized carbons (Fsp3) is 0.933. The van der Waals surface area contributed by atoms with Gasteiger partial charge in [0.05, 0.1) is 37.8 Å². The van der Waals surface area contributed by atoms with Crippen molar-refractivity contribution in [2.45, 2.75) is 83.4 Å². The quantitative estimate of drug-likeness (QED) is 0.229. The Morgan fingerprint density at radius 3 is 2.73 bits per heavy atom. The largest absolute Gasteiger partial charge is 0.390 e. The van der Waals surface area contributed by atoms with Crippen LogP contribution in [-0.4, -0.2) is 123 Å². The number of aliphatic hydroxyl groups excluding tert-OH is 1. The van der Waals surface area contributed by atoms with E-state index in [2.05, 4.69) is 33.1 Å². The van der Waals surface area contributed by atoms with E-state index in [1.54, 1.807) is 0 Å². The number of likely N-dealkylation sites (tertiary alicyclic amines) is 2. The van der Waals surface area contributed by atoms with Gasteiger partial charge in [-0.2, -0.15) is 0 Å². The summed E-state index contributed by atoms with van der Waals surface area (Å²) in [4.78, 5) is 29.3. The van der Waals surface area contributed by atoms with E-state index < -0.39 is 6.10 Å². The summed E-state index contributed by atoms with van der Waals surface area (Å²) < 4.78 is 11.9. The van der Waals surface area contributed by atoms with Crippen LogP contribution in [0.5, 0.6) is 0 Å². The van der Waals surface area contributed by atoms with E-state index in [0.29, 0.717) is 50.3 Å². The summed E-state index contributed by atoms with van der Waals surface area (Å²) in [5, 5.41) is 24.1. The highest BCUT2D eigenvalue weighted by Crippen LogP contribution is 2.41. The molecule has 11 nitrogen and oxygen atoms in total. The zero-order valence-electron chi connectivity index (χ0n) is 25.4. The van der Waals surface area contributed by atoms with Gasteiger partial charge in [-0.05, 0) is 62.9 Å². The number of carbonyl (C=O) groups is 2. The van der Waals surface area contributed by atoms with Crippen molar-refractivity contribution in [3.05, 3.63) is 0 Å². The van der Waals surface area contributed by atoms with Gasteiger partial charge in [-0.15, -0.1) is 0 Å². The third-order valence-electron chi connectivity index (χ3n) is 10.1. The first-order chi connectivity index (χ1) is 19.8. The topological polar surface area (TPSA) is 127 Å². The van der Waals surface area contributed by atoms with Crippen LogP contribution in [0.25, 0.3) is 0 Å². The number of piperidine rings is 2. The zero-order valence-corrected chi connectivity index (χ0v) is 25.4. The summed E-state index contributed by atoms with van der Waals surface area (Å²) in [5.41, 5.74) is 0. The van der Waals surface area contributed by atoms with Crippen LogP contribution < -0.4 is 21.3 Å². The van der Waals surface area contributed by atoms with E-state index in [1.165, 1.54) is 6.42 Å². The van der Waals surface area contributed by atoms with Crippen molar-refractivity contribution >= 4 is 11.8 Å². The maximum Gasteiger partial charge on any atom is 0.225 e. The molecule has 0 aromatic heterocycles. The Bertz CT molecular complexity index is 866. The number of carbonyl (C=O) groups excluding carboxylic acids is 2. The molecule has 2 amide bonds. The fourth-order valence-corrected chi connectivity index (χ4v) is 7.66. The first-order valence-electron chi connectivity index (χ1n) is 16.2. The number of ether oxygens (including phenoxy) is 2. The number of nitrogens with zero attached hydrogens (tertiary/aromatic N) is 2. The molecule has 4 aliphatic heterocycles. The molecule has 7 unspecified atom stereocenters. The maximum atomic E-state index is 13.0. The van der Waals surface area contributed by atoms with Gasteiger partial charge in [-0.1, -0.05) is 20.8 Å². The van der Waals surface area contributed by atoms with Crippen LogP contribution in [0.1, 0.15) is 52.9 Å². The average Bonchev–Trinajstić information content (AvgIpc) is 3.46. The van der Waals surface area contributed by atoms with Crippen molar-refractivity contribution in [2.24, 2.45) is 29.6 Å². The van der Waals surface area contributed by atoms with Crippen LogP contribution in [0.2, 0.25) is 0 Å². The molecule has 1 saturated carbocycles. The number of hydrogen-bond donors (Lipinski definition) is 5. The van der Waals surface area contributed by atoms with Gasteiger partial charge in [0.2, 0.25) is 11.8 Å². The standard InChI is InChI=1S/C30H54N6O5/c1-19(2)30(39)36-14-23(15-36)34-28-10-21(6-8-32-28)29(38)33-11-24(37)16-35-9-7-26-20(3)27(5-4-22(26)13-35)40-17-25-12-31-18-41-25/h19-28,31-32,34,37H,4-18H2,1-3H3,(H,33,38)/t20?,21?,22?,24-,25?,26?,27?,28?/m0/s1. The molecule has 4 saturated heterocycles. The molecule has 5 N–H and O–H groups in total. The highest BCUT2D eigenvalue weighted by atomic mass is 16.5. The molecule has 4 heterocycles. The minimum atomic E-state index is -0.567. The third kappa shape index (κ3) is 8.19. The third-order valence-corrected chi connectivity index (χ3v) is 10.1. The van der Waals surface area contributed by atoms with E-state index in [1.807, 2.05) is 18.7 Å². The van der Waals surface area contributed by atoms with Gasteiger partial charge in [0.25, 0.3) is 0 Å². The van der Waals surface area contributed by atoms with Gasteiger partial charge in [0, 0.05) is 57.1 Å². The lowest BCUT2D eigenvalue weighted by Gasteiger charge is -2.47. The molecule has 1 aliphatic carbocycles. The summed E-state index contributed by atoms with van der Waals surface area (Å²) >= 11 is 0. The molecular formula is C30H54N6O5. The second-order valence-electron chi connectivity index (χ2n) is 13.6. The first kappa shape index (κ1) is 31.1. The molecule has 0 aromatic carbocycles. The second kappa shape index (κ2) is 14.4. The highest BCUT2D eigenvalue weighted by molar-refractivity contribution is 5.79. The van der Waals surface area contributed by atoms with Crippen molar-refractivity contribution in [3.63, 3.8) is 0 Å². The number of rotatable bonds is 11. The Morgan fingerprint density at radius 2 is 1.98 bits per heavy atom. The van der Waals surface area contributed by atoms with Crippen LogP contribution in [0.3, 0.4) is 0 Å². The molecule has 5 rings (SSSR count). The Hall–Kier alpha value is -1.34. The monoisotopic (exact) mass is 578 g/mol. The molecule has 0 spiro atoms. The summed E-state index contributed by atoms with van der Waals surface area (Å²) in [6, 6.07) is 0.276. The molecule has 41 heavy (non-hydrogen) atoms. The van der Waals surface area contributed by atoms with Crippen molar-refractivity contribution in [2.75, 3.05) is 65.7 Å². The van der Waals surface area contributed by atoms with Gasteiger partial charge in [0.1, 0.15) is 0 Å². The minimum Gasteiger partial charge on any atom is -0.390 e. The Labute approximate surface area is 245 Å². The number of β-amino-alcohol motifs (C(OH)–C–C–N with tert-alkyl or cyclic N) is 1. The highest BCUT2D eigenvalue weighted by Gasteiger charge is 2.41. The van der Waals surface area contributed by atoms with E-state index >= 15 is 0 Å². The van der Waals surface area contributed by atoms with Crippen LogP contribution in [-0.2, 0) is 19.1 Å². The van der Waals surface area contributed by atoms with E-state index in [-0.39, 0.29) is 42.0 Å². The summed E-state index contributed by atoms with van der Waals surface area (Å²) in [6.45, 7) is 13.6. The molecule has 5 aliphatic rings. The first-order valence-corrected chi connectivity index (χ1v) is 16.2. The molecule has 8 atom stereocenters. The van der Waals surface area contributed by atoms with Gasteiger partial charge in [-0.25, -0.2) is 0 Å². The summed E-state index contributed by atoms with van der Waals surface area (Å²) in [5.74, 6) is 2.06.